The largest absolute Gasteiger partial charge is 0.354 e. The van der Waals surface area contributed by atoms with Gasteiger partial charge in [0.05, 0.1) is 11.9 Å². The molecule has 1 N–H and O–H groups in total. The lowest BCUT2D eigenvalue weighted by Crippen LogP contribution is -2.52. The van der Waals surface area contributed by atoms with Gasteiger partial charge >= 0.3 is 0 Å². The van der Waals surface area contributed by atoms with Gasteiger partial charge in [-0.2, -0.15) is 0 Å². The van der Waals surface area contributed by atoms with Crippen LogP contribution in [-0.4, -0.2) is 50.5 Å². The Kier molecular flexibility index (Phi) is 9.91. The van der Waals surface area contributed by atoms with Gasteiger partial charge < -0.3 is 10.2 Å². The van der Waals surface area contributed by atoms with Crippen molar-refractivity contribution in [3.63, 3.8) is 0 Å². The second-order valence-corrected chi connectivity index (χ2v) is 10.7. The van der Waals surface area contributed by atoms with E-state index in [1.165, 1.54) is 4.90 Å². The second-order valence-electron chi connectivity index (χ2n) is 7.91. The number of benzene rings is 2. The van der Waals surface area contributed by atoms with Crippen molar-refractivity contribution in [2.24, 2.45) is 0 Å². The van der Waals surface area contributed by atoms with Gasteiger partial charge in [0.1, 0.15) is 12.6 Å². The topological polar surface area (TPSA) is 86.8 Å². The molecule has 0 aliphatic heterocycles. The van der Waals surface area contributed by atoms with E-state index >= 15 is 0 Å². The van der Waals surface area contributed by atoms with E-state index in [9.17, 15) is 18.0 Å². The number of anilines is 1. The maximum Gasteiger partial charge on any atom is 0.244 e. The normalized spacial score (nSPS) is 12.2. The van der Waals surface area contributed by atoms with E-state index in [4.69, 9.17) is 0 Å². The number of amides is 2. The average Bonchev–Trinajstić information content (AvgIpc) is 2.76. The Morgan fingerprint density at radius 1 is 1.09 bits per heavy atom. The monoisotopic (exact) mass is 537 g/mol. The maximum absolute atomic E-state index is 13.6. The van der Waals surface area contributed by atoms with Crippen LogP contribution in [0.4, 0.5) is 5.69 Å². The molecule has 1 atom stereocenters. The number of nitrogens with zero attached hydrogens (tertiary/aromatic N) is 2. The van der Waals surface area contributed by atoms with E-state index in [-0.39, 0.29) is 12.5 Å². The first-order chi connectivity index (χ1) is 15.6. The average molecular weight is 539 g/mol. The van der Waals surface area contributed by atoms with Gasteiger partial charge in [-0.1, -0.05) is 60.1 Å². The lowest BCUT2D eigenvalue weighted by atomic mass is 10.1. The number of sulfonamides is 1. The van der Waals surface area contributed by atoms with Crippen molar-refractivity contribution in [1.29, 1.82) is 0 Å². The third-order valence-electron chi connectivity index (χ3n) is 5.31. The molecule has 0 bridgehead atoms. The van der Waals surface area contributed by atoms with Crippen LogP contribution >= 0.6 is 15.9 Å². The lowest BCUT2D eigenvalue weighted by molar-refractivity contribution is -0.140. The van der Waals surface area contributed by atoms with Crippen LogP contribution in [0.15, 0.2) is 53.0 Å². The molecule has 0 radical (unpaired) electrons. The summed E-state index contributed by atoms with van der Waals surface area (Å²) >= 11 is 3.35. The smallest absolute Gasteiger partial charge is 0.244 e. The molecular formula is C24H32BrN3O4S. The Morgan fingerprint density at radius 3 is 2.36 bits per heavy atom. The fourth-order valence-electron chi connectivity index (χ4n) is 3.50. The first kappa shape index (κ1) is 26.9. The van der Waals surface area contributed by atoms with Crippen LogP contribution in [0.3, 0.4) is 0 Å². The van der Waals surface area contributed by atoms with Gasteiger partial charge in [0, 0.05) is 17.6 Å². The molecule has 2 aromatic carbocycles. The summed E-state index contributed by atoms with van der Waals surface area (Å²) in [6.45, 7) is 6.06. The van der Waals surface area contributed by atoms with Crippen LogP contribution < -0.4 is 9.62 Å². The minimum Gasteiger partial charge on any atom is -0.354 e. The molecule has 0 saturated carbocycles. The number of carbonyl (C=O) groups is 2. The molecular weight excluding hydrogens is 506 g/mol. The Hall–Kier alpha value is -2.39. The number of rotatable bonds is 11. The van der Waals surface area contributed by atoms with Crippen LogP contribution in [0.1, 0.15) is 37.8 Å². The van der Waals surface area contributed by atoms with Gasteiger partial charge in [-0.3, -0.25) is 13.9 Å². The van der Waals surface area contributed by atoms with Crippen molar-refractivity contribution in [2.75, 3.05) is 23.7 Å². The summed E-state index contributed by atoms with van der Waals surface area (Å²) in [5.74, 6) is -0.684. The number of halogens is 1. The predicted molar refractivity (Wildman–Crippen MR) is 135 cm³/mol. The molecule has 2 aromatic rings. The summed E-state index contributed by atoms with van der Waals surface area (Å²) in [7, 11) is -3.75. The molecule has 0 aliphatic carbocycles. The van der Waals surface area contributed by atoms with E-state index in [1.54, 1.807) is 24.3 Å². The van der Waals surface area contributed by atoms with Gasteiger partial charge in [-0.15, -0.1) is 0 Å². The van der Waals surface area contributed by atoms with Crippen molar-refractivity contribution in [3.8, 4) is 0 Å². The highest BCUT2D eigenvalue weighted by Crippen LogP contribution is 2.23. The molecule has 180 valence electrons. The molecule has 2 rings (SSSR count). The fraction of sp³-hybridized carbons (Fsp3) is 0.417. The summed E-state index contributed by atoms with van der Waals surface area (Å²) in [6.07, 6.45) is 2.25. The zero-order valence-corrected chi connectivity index (χ0v) is 21.9. The van der Waals surface area contributed by atoms with Crippen LogP contribution in [0.2, 0.25) is 0 Å². The van der Waals surface area contributed by atoms with Crippen LogP contribution in [0.5, 0.6) is 0 Å². The zero-order valence-electron chi connectivity index (χ0n) is 19.5. The van der Waals surface area contributed by atoms with Crippen molar-refractivity contribution in [3.05, 3.63) is 64.1 Å². The molecule has 0 saturated heterocycles. The van der Waals surface area contributed by atoms with Gasteiger partial charge in [0.25, 0.3) is 0 Å². The summed E-state index contributed by atoms with van der Waals surface area (Å²) in [6, 6.07) is 13.7. The molecule has 2 amide bonds. The number of aryl methyl sites for hydroxylation is 1. The Morgan fingerprint density at radius 2 is 1.79 bits per heavy atom. The standard InChI is InChI=1S/C24H32BrN3O4S/c1-5-14-26-24(30)22(6-2)27(16-19-11-8-7-10-18(19)3)23(29)17-28(33(4,31)32)21-13-9-12-20(25)15-21/h7-13,15,22H,5-6,14,16-17H2,1-4H3,(H,26,30). The molecule has 0 spiro atoms. The van der Waals surface area contributed by atoms with Crippen molar-refractivity contribution in [1.82, 2.24) is 10.2 Å². The molecule has 0 fully saturated rings. The predicted octanol–water partition coefficient (Wildman–Crippen LogP) is 3.86. The molecule has 9 heteroatoms. The fourth-order valence-corrected chi connectivity index (χ4v) is 4.73. The van der Waals surface area contributed by atoms with Gasteiger partial charge in [-0.05, 0) is 49.1 Å². The highest BCUT2D eigenvalue weighted by Gasteiger charge is 2.31. The minimum atomic E-state index is -3.75. The Balaban J connectivity index is 2.44. The zero-order chi connectivity index (χ0) is 24.6. The quantitative estimate of drug-likeness (QED) is 0.471. The molecule has 0 aromatic heterocycles. The number of carbonyl (C=O) groups excluding carboxylic acids is 2. The highest BCUT2D eigenvalue weighted by atomic mass is 79.9. The van der Waals surface area contributed by atoms with Crippen molar-refractivity contribution < 1.29 is 18.0 Å². The first-order valence-corrected chi connectivity index (χ1v) is 13.6. The van der Waals surface area contributed by atoms with E-state index in [1.807, 2.05) is 45.0 Å². The van der Waals surface area contributed by atoms with E-state index in [0.29, 0.717) is 23.1 Å². The SMILES string of the molecule is CCCNC(=O)C(CC)N(Cc1ccccc1C)C(=O)CN(c1cccc(Br)c1)S(C)(=O)=O. The molecule has 0 aliphatic rings. The third-order valence-corrected chi connectivity index (χ3v) is 6.95. The summed E-state index contributed by atoms with van der Waals surface area (Å²) < 4.78 is 26.9. The summed E-state index contributed by atoms with van der Waals surface area (Å²) in [5.41, 5.74) is 2.27. The number of hydrogen-bond donors (Lipinski definition) is 1. The summed E-state index contributed by atoms with van der Waals surface area (Å²) in [5, 5.41) is 2.87. The highest BCUT2D eigenvalue weighted by molar-refractivity contribution is 9.10. The van der Waals surface area contributed by atoms with E-state index in [2.05, 4.69) is 21.2 Å². The van der Waals surface area contributed by atoms with Gasteiger partial charge in [-0.25, -0.2) is 8.42 Å². The van der Waals surface area contributed by atoms with Gasteiger partial charge in [0.15, 0.2) is 0 Å². The van der Waals surface area contributed by atoms with E-state index in [0.717, 1.165) is 28.1 Å². The summed E-state index contributed by atoms with van der Waals surface area (Å²) in [4.78, 5) is 28.0. The molecule has 33 heavy (non-hydrogen) atoms. The minimum absolute atomic E-state index is 0.208. The first-order valence-electron chi connectivity index (χ1n) is 10.9. The Labute approximate surface area is 205 Å². The van der Waals surface area contributed by atoms with Crippen molar-refractivity contribution >= 4 is 43.5 Å². The lowest BCUT2D eigenvalue weighted by Gasteiger charge is -2.33. The third kappa shape index (κ3) is 7.57. The molecule has 1 unspecified atom stereocenters. The molecule has 7 nitrogen and oxygen atoms in total. The maximum atomic E-state index is 13.6. The number of nitrogens with one attached hydrogen (secondary N) is 1. The van der Waals surface area contributed by atoms with Gasteiger partial charge in [0.2, 0.25) is 21.8 Å². The Bertz CT molecular complexity index is 1070. The van der Waals surface area contributed by atoms with Crippen LogP contribution in [-0.2, 0) is 26.2 Å². The molecule has 0 heterocycles. The van der Waals surface area contributed by atoms with Crippen molar-refractivity contribution in [2.45, 2.75) is 46.2 Å². The van der Waals surface area contributed by atoms with E-state index < -0.39 is 28.5 Å². The second kappa shape index (κ2) is 12.2. The van der Waals surface area contributed by atoms with Crippen LogP contribution in [0, 0.1) is 6.92 Å². The number of hydrogen-bond acceptors (Lipinski definition) is 4. The van der Waals surface area contributed by atoms with Crippen LogP contribution in [0.25, 0.3) is 0 Å².